The van der Waals surface area contributed by atoms with Crippen molar-refractivity contribution in [3.05, 3.63) is 59.7 Å². The number of alkyl halides is 2. The van der Waals surface area contributed by atoms with Gasteiger partial charge in [0.25, 0.3) is 5.91 Å². The van der Waals surface area contributed by atoms with Crippen LogP contribution in [0.15, 0.2) is 48.5 Å². The standard InChI is InChI=1S/C21H22F2N2O5/c1-28-16-7-3-6-15(13-16)20(27)25-12-11-24-18(26)10-9-14-5-4-8-17(29-2)19(14)30-21(22)23/h3-10,13,21H,11-12H2,1-2H3,(H,24,26)(H,25,27)/b10-9+. The van der Waals surface area contributed by atoms with Crippen molar-refractivity contribution in [3.8, 4) is 17.2 Å². The van der Waals surface area contributed by atoms with Gasteiger partial charge in [0.15, 0.2) is 11.5 Å². The van der Waals surface area contributed by atoms with Crippen LogP contribution in [0.4, 0.5) is 8.78 Å². The summed E-state index contributed by atoms with van der Waals surface area (Å²) < 4.78 is 39.8. The van der Waals surface area contributed by atoms with Gasteiger partial charge in [-0.3, -0.25) is 9.59 Å². The van der Waals surface area contributed by atoms with Crippen molar-refractivity contribution in [3.63, 3.8) is 0 Å². The number of ether oxygens (including phenoxy) is 3. The van der Waals surface area contributed by atoms with E-state index in [9.17, 15) is 18.4 Å². The van der Waals surface area contributed by atoms with Crippen LogP contribution in [0, 0.1) is 0 Å². The molecule has 0 spiro atoms. The summed E-state index contributed by atoms with van der Waals surface area (Å²) in [5.74, 6) is -0.239. The minimum absolute atomic E-state index is 0.123. The number of carbonyl (C=O) groups excluding carboxylic acids is 2. The third-order valence-electron chi connectivity index (χ3n) is 3.89. The average molecular weight is 420 g/mol. The van der Waals surface area contributed by atoms with E-state index in [1.807, 2.05) is 0 Å². The Bertz CT molecular complexity index is 903. The number of methoxy groups -OCH3 is 2. The average Bonchev–Trinajstić information content (AvgIpc) is 2.75. The van der Waals surface area contributed by atoms with Crippen molar-refractivity contribution in [1.29, 1.82) is 0 Å². The van der Waals surface area contributed by atoms with E-state index in [4.69, 9.17) is 9.47 Å². The maximum absolute atomic E-state index is 12.6. The Morgan fingerprint density at radius 1 is 1.03 bits per heavy atom. The third kappa shape index (κ3) is 6.77. The molecule has 0 radical (unpaired) electrons. The van der Waals surface area contributed by atoms with Crippen LogP contribution in [0.3, 0.4) is 0 Å². The Balaban J connectivity index is 1.86. The number of nitrogens with one attached hydrogen (secondary N) is 2. The summed E-state index contributed by atoms with van der Waals surface area (Å²) in [7, 11) is 2.84. The van der Waals surface area contributed by atoms with E-state index in [0.29, 0.717) is 11.3 Å². The predicted octanol–water partition coefficient (Wildman–Crippen LogP) is 2.86. The van der Waals surface area contributed by atoms with Crippen LogP contribution >= 0.6 is 0 Å². The lowest BCUT2D eigenvalue weighted by atomic mass is 10.1. The molecule has 0 bridgehead atoms. The second-order valence-electron chi connectivity index (χ2n) is 5.87. The Kier molecular flexibility index (Phi) is 8.61. The first-order valence-corrected chi connectivity index (χ1v) is 8.94. The molecule has 0 aliphatic heterocycles. The fourth-order valence-corrected chi connectivity index (χ4v) is 2.49. The summed E-state index contributed by atoms with van der Waals surface area (Å²) in [6.45, 7) is -2.65. The number of hydrogen-bond acceptors (Lipinski definition) is 5. The lowest BCUT2D eigenvalue weighted by molar-refractivity contribution is -0.116. The minimum atomic E-state index is -3.03. The molecule has 0 aromatic heterocycles. The highest BCUT2D eigenvalue weighted by Gasteiger charge is 2.14. The van der Waals surface area contributed by atoms with Crippen LogP contribution in [0.1, 0.15) is 15.9 Å². The van der Waals surface area contributed by atoms with Crippen LogP contribution in [0.25, 0.3) is 6.08 Å². The minimum Gasteiger partial charge on any atom is -0.497 e. The number of rotatable bonds is 10. The van der Waals surface area contributed by atoms with Crippen LogP contribution in [0.5, 0.6) is 17.2 Å². The molecule has 0 atom stereocenters. The van der Waals surface area contributed by atoms with Crippen molar-refractivity contribution in [2.45, 2.75) is 6.61 Å². The molecule has 0 saturated heterocycles. The molecule has 2 aromatic carbocycles. The third-order valence-corrected chi connectivity index (χ3v) is 3.89. The highest BCUT2D eigenvalue weighted by atomic mass is 19.3. The molecule has 2 rings (SSSR count). The monoisotopic (exact) mass is 420 g/mol. The number of carbonyl (C=O) groups is 2. The highest BCUT2D eigenvalue weighted by Crippen LogP contribution is 2.33. The van der Waals surface area contributed by atoms with Gasteiger partial charge in [-0.05, 0) is 30.3 Å². The van der Waals surface area contributed by atoms with Crippen molar-refractivity contribution in [2.24, 2.45) is 0 Å². The molecule has 2 amide bonds. The second kappa shape index (κ2) is 11.4. The maximum atomic E-state index is 12.6. The first kappa shape index (κ1) is 22.7. The zero-order valence-electron chi connectivity index (χ0n) is 16.5. The lowest BCUT2D eigenvalue weighted by Crippen LogP contribution is -2.34. The van der Waals surface area contributed by atoms with Gasteiger partial charge in [-0.2, -0.15) is 8.78 Å². The lowest BCUT2D eigenvalue weighted by Gasteiger charge is -2.12. The van der Waals surface area contributed by atoms with Crippen molar-refractivity contribution < 1.29 is 32.6 Å². The summed E-state index contributed by atoms with van der Waals surface area (Å²) in [4.78, 5) is 24.0. The Morgan fingerprint density at radius 2 is 1.77 bits per heavy atom. The molecule has 0 unspecified atom stereocenters. The smallest absolute Gasteiger partial charge is 0.387 e. The molecule has 0 aliphatic rings. The zero-order chi connectivity index (χ0) is 21.9. The summed E-state index contributed by atoms with van der Waals surface area (Å²) in [6, 6.07) is 11.2. The van der Waals surface area contributed by atoms with Gasteiger partial charge in [-0.15, -0.1) is 0 Å². The topological polar surface area (TPSA) is 85.9 Å². The molecule has 0 fully saturated rings. The first-order valence-electron chi connectivity index (χ1n) is 8.94. The predicted molar refractivity (Wildman–Crippen MR) is 107 cm³/mol. The van der Waals surface area contributed by atoms with Gasteiger partial charge < -0.3 is 24.8 Å². The van der Waals surface area contributed by atoms with Crippen LogP contribution in [-0.2, 0) is 4.79 Å². The Hall–Kier alpha value is -3.62. The molecule has 0 heterocycles. The summed E-state index contributed by atoms with van der Waals surface area (Å²) in [6.07, 6.45) is 2.52. The molecule has 0 saturated carbocycles. The van der Waals surface area contributed by atoms with E-state index in [2.05, 4.69) is 15.4 Å². The van der Waals surface area contributed by atoms with Crippen molar-refractivity contribution in [1.82, 2.24) is 10.6 Å². The molecule has 0 aliphatic carbocycles. The molecule has 9 heteroatoms. The first-order chi connectivity index (χ1) is 14.4. The summed E-state index contributed by atoms with van der Waals surface area (Å²) in [5.41, 5.74) is 0.696. The molecule has 2 N–H and O–H groups in total. The van der Waals surface area contributed by atoms with E-state index < -0.39 is 12.5 Å². The quantitative estimate of drug-likeness (QED) is 0.456. The Labute approximate surface area is 172 Å². The molecule has 30 heavy (non-hydrogen) atoms. The van der Waals surface area contributed by atoms with Gasteiger partial charge in [-0.1, -0.05) is 18.2 Å². The molecule has 2 aromatic rings. The number of benzene rings is 2. The zero-order valence-corrected chi connectivity index (χ0v) is 16.5. The van der Waals surface area contributed by atoms with E-state index in [1.54, 1.807) is 30.3 Å². The molecule has 7 nitrogen and oxygen atoms in total. The van der Waals surface area contributed by atoms with Crippen molar-refractivity contribution in [2.75, 3.05) is 27.3 Å². The van der Waals surface area contributed by atoms with Gasteiger partial charge in [0.05, 0.1) is 14.2 Å². The van der Waals surface area contributed by atoms with Crippen LogP contribution in [0.2, 0.25) is 0 Å². The van der Waals surface area contributed by atoms with E-state index >= 15 is 0 Å². The number of para-hydroxylation sites is 1. The van der Waals surface area contributed by atoms with E-state index in [0.717, 1.165) is 0 Å². The van der Waals surface area contributed by atoms with E-state index in [1.165, 1.54) is 38.5 Å². The largest absolute Gasteiger partial charge is 0.497 e. The SMILES string of the molecule is COc1cccc(C(=O)NCCNC(=O)/C=C/c2cccc(OC)c2OC(F)F)c1. The van der Waals surface area contributed by atoms with Crippen molar-refractivity contribution >= 4 is 17.9 Å². The molecular weight excluding hydrogens is 398 g/mol. The number of halogens is 2. The second-order valence-corrected chi connectivity index (χ2v) is 5.87. The number of amides is 2. The fraction of sp³-hybridized carbons (Fsp3) is 0.238. The highest BCUT2D eigenvalue weighted by molar-refractivity contribution is 5.95. The Morgan fingerprint density at radius 3 is 2.47 bits per heavy atom. The molecule has 160 valence electrons. The van der Waals surface area contributed by atoms with Crippen LogP contribution < -0.4 is 24.8 Å². The van der Waals surface area contributed by atoms with Crippen LogP contribution in [-0.4, -0.2) is 45.7 Å². The number of hydrogen-bond donors (Lipinski definition) is 2. The normalized spacial score (nSPS) is 10.7. The summed E-state index contributed by atoms with van der Waals surface area (Å²) >= 11 is 0. The van der Waals surface area contributed by atoms with Gasteiger partial charge in [-0.25, -0.2) is 0 Å². The van der Waals surface area contributed by atoms with Gasteiger partial charge in [0.1, 0.15) is 5.75 Å². The van der Waals surface area contributed by atoms with E-state index in [-0.39, 0.29) is 36.1 Å². The van der Waals surface area contributed by atoms with Gasteiger partial charge >= 0.3 is 6.61 Å². The van der Waals surface area contributed by atoms with Gasteiger partial charge in [0.2, 0.25) is 5.91 Å². The maximum Gasteiger partial charge on any atom is 0.387 e. The summed E-state index contributed by atoms with van der Waals surface area (Å²) in [5, 5.41) is 5.26. The van der Waals surface area contributed by atoms with Gasteiger partial charge in [0, 0.05) is 30.3 Å². The fourth-order valence-electron chi connectivity index (χ4n) is 2.49. The molecular formula is C21H22F2N2O5.